The van der Waals surface area contributed by atoms with E-state index in [2.05, 4.69) is 48.1 Å². The number of ether oxygens (including phenoxy) is 2. The summed E-state index contributed by atoms with van der Waals surface area (Å²) in [5.74, 6) is 0.954. The number of amides is 1. The highest BCUT2D eigenvalue weighted by molar-refractivity contribution is 6.30. The summed E-state index contributed by atoms with van der Waals surface area (Å²) in [7, 11) is 0. The fourth-order valence-corrected chi connectivity index (χ4v) is 6.37. The molecule has 4 unspecified atom stereocenters. The van der Waals surface area contributed by atoms with Crippen LogP contribution in [0.15, 0.2) is 48.5 Å². The zero-order valence-corrected chi connectivity index (χ0v) is 22.8. The molecule has 6 nitrogen and oxygen atoms in total. The number of carbonyl (C=O) groups is 1. The third-order valence-corrected chi connectivity index (χ3v) is 8.25. The van der Waals surface area contributed by atoms with E-state index in [0.717, 1.165) is 24.2 Å². The average Bonchev–Trinajstić information content (AvgIpc) is 3.10. The van der Waals surface area contributed by atoms with Crippen LogP contribution >= 0.6 is 23.2 Å². The summed E-state index contributed by atoms with van der Waals surface area (Å²) in [6.45, 7) is 5.29. The van der Waals surface area contributed by atoms with Gasteiger partial charge in [0.25, 0.3) is 0 Å². The molecule has 0 radical (unpaired) electrons. The quantitative estimate of drug-likeness (QED) is 0.314. The van der Waals surface area contributed by atoms with E-state index in [1.807, 2.05) is 31.2 Å². The lowest BCUT2D eigenvalue weighted by atomic mass is 9.50. The molecular weight excluding hydrogens is 499 g/mol. The van der Waals surface area contributed by atoms with Crippen LogP contribution in [0.25, 0.3) is 0 Å². The van der Waals surface area contributed by atoms with Crippen molar-refractivity contribution in [1.82, 2.24) is 5.32 Å². The monoisotopic (exact) mass is 536 g/mol. The first-order valence-electron chi connectivity index (χ1n) is 12.5. The summed E-state index contributed by atoms with van der Waals surface area (Å²) >= 11 is 10.8. The van der Waals surface area contributed by atoms with Crippen LogP contribution in [0.3, 0.4) is 0 Å². The number of carbonyl (C=O) groups excluding carboxylic acids is 1. The minimum absolute atomic E-state index is 0.00650. The number of aliphatic hydroxyl groups is 1. The van der Waals surface area contributed by atoms with Gasteiger partial charge in [-0.15, -0.1) is 11.6 Å². The number of benzene rings is 2. The summed E-state index contributed by atoms with van der Waals surface area (Å²) in [5, 5.41) is 12.7. The Morgan fingerprint density at radius 2 is 1.69 bits per heavy atom. The second kappa shape index (κ2) is 12.6. The Morgan fingerprint density at radius 1 is 1.06 bits per heavy atom. The molecule has 1 aliphatic carbocycles. The van der Waals surface area contributed by atoms with Gasteiger partial charge in [0.1, 0.15) is 12.4 Å². The van der Waals surface area contributed by atoms with E-state index in [9.17, 15) is 4.79 Å². The van der Waals surface area contributed by atoms with Crippen molar-refractivity contribution in [1.29, 1.82) is 0 Å². The number of fused-ring (bicyclic) bond motifs is 1. The standard InChI is InChI=1S/C27H35ClN2O4.CH3Cl/c1-3-26-13-12-23(19-6-10-22(11-7-19)34-17-16-33-15-14-31)24(20-4-8-21(28)9-5-20)27(26,29)18(2)30-25(26)32;1-2/h4-11,18,23-24,31H,3,12-17,29H2,1-2H3,(H,30,32);1H3/t18?,23?,24-,26?,27?;/m0./s1. The third kappa shape index (κ3) is 5.25. The van der Waals surface area contributed by atoms with E-state index in [-0.39, 0.29) is 30.4 Å². The molecule has 2 aromatic carbocycles. The number of aliphatic hydroxyl groups excluding tert-OH is 1. The van der Waals surface area contributed by atoms with Crippen LogP contribution < -0.4 is 15.8 Å². The highest BCUT2D eigenvalue weighted by atomic mass is 35.5. The van der Waals surface area contributed by atoms with Crippen molar-refractivity contribution in [3.05, 3.63) is 64.7 Å². The maximum Gasteiger partial charge on any atom is 0.228 e. The Balaban J connectivity index is 0.00000176. The van der Waals surface area contributed by atoms with Crippen molar-refractivity contribution in [3.63, 3.8) is 0 Å². The van der Waals surface area contributed by atoms with Gasteiger partial charge in [0.15, 0.2) is 0 Å². The highest BCUT2D eigenvalue weighted by Gasteiger charge is 2.67. The Bertz CT molecular complexity index is 988. The lowest BCUT2D eigenvalue weighted by molar-refractivity contribution is -0.132. The molecule has 1 aliphatic heterocycles. The zero-order chi connectivity index (χ0) is 26.3. The maximum atomic E-state index is 13.2. The summed E-state index contributed by atoms with van der Waals surface area (Å²) in [6, 6.07) is 15.9. The molecular formula is C28H38Cl2N2O4. The molecule has 1 saturated heterocycles. The van der Waals surface area contributed by atoms with Crippen molar-refractivity contribution in [2.24, 2.45) is 11.1 Å². The lowest BCUT2D eigenvalue weighted by Gasteiger charge is -2.54. The molecule has 1 amide bonds. The summed E-state index contributed by atoms with van der Waals surface area (Å²) in [5.41, 5.74) is 8.32. The predicted octanol–water partition coefficient (Wildman–Crippen LogP) is 4.86. The molecule has 198 valence electrons. The van der Waals surface area contributed by atoms with Gasteiger partial charge in [-0.05, 0) is 67.5 Å². The minimum atomic E-state index is -0.727. The van der Waals surface area contributed by atoms with Gasteiger partial charge in [-0.1, -0.05) is 42.8 Å². The maximum absolute atomic E-state index is 13.2. The molecule has 1 saturated carbocycles. The van der Waals surface area contributed by atoms with Crippen LogP contribution in [0, 0.1) is 5.41 Å². The van der Waals surface area contributed by atoms with E-state index >= 15 is 0 Å². The van der Waals surface area contributed by atoms with Gasteiger partial charge in [0.2, 0.25) is 5.91 Å². The fraction of sp³-hybridized carbons (Fsp3) is 0.536. The van der Waals surface area contributed by atoms with Gasteiger partial charge >= 0.3 is 0 Å². The van der Waals surface area contributed by atoms with Crippen LogP contribution in [0.4, 0.5) is 0 Å². The Labute approximate surface area is 224 Å². The molecule has 36 heavy (non-hydrogen) atoms. The number of hydrogen-bond donors (Lipinski definition) is 3. The van der Waals surface area contributed by atoms with Crippen molar-refractivity contribution < 1.29 is 19.4 Å². The minimum Gasteiger partial charge on any atom is -0.491 e. The number of nitrogens with one attached hydrogen (secondary N) is 1. The van der Waals surface area contributed by atoms with Gasteiger partial charge < -0.3 is 25.6 Å². The summed E-state index contributed by atoms with van der Waals surface area (Å²) in [6.07, 6.45) is 3.81. The van der Waals surface area contributed by atoms with Gasteiger partial charge in [-0.3, -0.25) is 4.79 Å². The molecule has 4 N–H and O–H groups in total. The number of rotatable bonds is 9. The molecule has 5 atom stereocenters. The van der Waals surface area contributed by atoms with Crippen molar-refractivity contribution in [2.45, 2.75) is 56.5 Å². The lowest BCUT2D eigenvalue weighted by Crippen LogP contribution is -2.66. The van der Waals surface area contributed by atoms with E-state index in [1.165, 1.54) is 11.9 Å². The molecule has 0 bridgehead atoms. The Morgan fingerprint density at radius 3 is 2.31 bits per heavy atom. The summed E-state index contributed by atoms with van der Waals surface area (Å²) in [4.78, 5) is 13.2. The third-order valence-electron chi connectivity index (χ3n) is 8.00. The van der Waals surface area contributed by atoms with Crippen LogP contribution in [0.5, 0.6) is 5.75 Å². The fourth-order valence-electron chi connectivity index (χ4n) is 6.24. The van der Waals surface area contributed by atoms with Crippen LogP contribution in [-0.4, -0.2) is 55.4 Å². The van der Waals surface area contributed by atoms with E-state index in [0.29, 0.717) is 31.3 Å². The highest BCUT2D eigenvalue weighted by Crippen LogP contribution is 2.61. The van der Waals surface area contributed by atoms with Gasteiger partial charge in [-0.25, -0.2) is 0 Å². The zero-order valence-electron chi connectivity index (χ0n) is 21.3. The Kier molecular flexibility index (Phi) is 10.1. The van der Waals surface area contributed by atoms with Gasteiger partial charge in [0, 0.05) is 23.4 Å². The smallest absolute Gasteiger partial charge is 0.228 e. The molecule has 2 aromatic rings. The number of nitrogens with two attached hydrogens (primary N) is 1. The van der Waals surface area contributed by atoms with Crippen LogP contribution in [-0.2, 0) is 9.53 Å². The second-order valence-corrected chi connectivity index (χ2v) is 9.93. The predicted molar refractivity (Wildman–Crippen MR) is 145 cm³/mol. The Hall–Kier alpha value is -1.83. The van der Waals surface area contributed by atoms with E-state index < -0.39 is 11.0 Å². The normalized spacial score (nSPS) is 29.1. The first kappa shape index (κ1) is 28.7. The topological polar surface area (TPSA) is 93.8 Å². The van der Waals surface area contributed by atoms with Crippen LogP contribution in [0.1, 0.15) is 56.1 Å². The molecule has 2 fully saturated rings. The first-order chi connectivity index (χ1) is 17.4. The van der Waals surface area contributed by atoms with E-state index in [1.54, 1.807) is 0 Å². The van der Waals surface area contributed by atoms with Crippen molar-refractivity contribution in [3.8, 4) is 5.75 Å². The SMILES string of the molecule is CCC12CCC(c3ccc(OCCOCCO)cc3)[C@H](c3ccc(Cl)cc3)C1(N)C(C)NC2=O.CCl. The first-order valence-corrected chi connectivity index (χ1v) is 13.6. The number of hydrogen-bond acceptors (Lipinski definition) is 5. The van der Waals surface area contributed by atoms with Gasteiger partial charge in [-0.2, -0.15) is 0 Å². The summed E-state index contributed by atoms with van der Waals surface area (Å²) < 4.78 is 11.0. The van der Waals surface area contributed by atoms with Crippen molar-refractivity contribution in [2.75, 3.05) is 32.8 Å². The molecule has 2 aliphatic rings. The molecule has 4 rings (SSSR count). The molecule has 8 heteroatoms. The average molecular weight is 538 g/mol. The number of halogens is 2. The number of alkyl halides is 1. The molecule has 0 aromatic heterocycles. The molecule has 0 spiro atoms. The van der Waals surface area contributed by atoms with Gasteiger partial charge in [0.05, 0.1) is 30.8 Å². The van der Waals surface area contributed by atoms with Crippen LogP contribution in [0.2, 0.25) is 5.02 Å². The molecule has 1 heterocycles. The van der Waals surface area contributed by atoms with Crippen molar-refractivity contribution >= 4 is 29.1 Å². The second-order valence-electron chi connectivity index (χ2n) is 9.49. The van der Waals surface area contributed by atoms with E-state index in [4.69, 9.17) is 31.9 Å². The largest absolute Gasteiger partial charge is 0.491 e.